The third kappa shape index (κ3) is 2.67. The second-order valence-electron chi connectivity index (χ2n) is 4.82. The highest BCUT2D eigenvalue weighted by atomic mass is 19.1. The van der Waals surface area contributed by atoms with Gasteiger partial charge in [0, 0.05) is 30.8 Å². The van der Waals surface area contributed by atoms with E-state index in [1.165, 1.54) is 0 Å². The van der Waals surface area contributed by atoms with Gasteiger partial charge in [-0.3, -0.25) is 4.79 Å². The van der Waals surface area contributed by atoms with E-state index in [4.69, 9.17) is 5.73 Å². The highest BCUT2D eigenvalue weighted by Crippen LogP contribution is 2.21. The van der Waals surface area contributed by atoms with Crippen LogP contribution in [-0.4, -0.2) is 29.9 Å². The summed E-state index contributed by atoms with van der Waals surface area (Å²) in [4.78, 5) is 13.7. The van der Waals surface area contributed by atoms with Gasteiger partial charge in [0.15, 0.2) is 0 Å². The van der Waals surface area contributed by atoms with Crippen LogP contribution in [0.15, 0.2) is 18.2 Å². The Labute approximate surface area is 105 Å². The molecule has 18 heavy (non-hydrogen) atoms. The Balaban J connectivity index is 2.12. The molecule has 1 aromatic carbocycles. The fourth-order valence-electron chi connectivity index (χ4n) is 2.26. The monoisotopic (exact) mass is 254 g/mol. The Morgan fingerprint density at radius 3 is 2.50 bits per heavy atom. The fraction of sp³-hybridized carbons (Fsp3) is 0.462. The second-order valence-corrected chi connectivity index (χ2v) is 4.82. The third-order valence-corrected chi connectivity index (χ3v) is 3.36. The zero-order valence-corrected chi connectivity index (χ0v) is 10.2. The highest BCUT2D eigenvalue weighted by molar-refractivity contribution is 5.94. The van der Waals surface area contributed by atoms with Crippen LogP contribution < -0.4 is 5.73 Å². The maximum atomic E-state index is 13.0. The first-order valence-corrected chi connectivity index (χ1v) is 5.98. The zero-order chi connectivity index (χ0) is 13.3. The van der Waals surface area contributed by atoms with Crippen LogP contribution in [-0.2, 0) is 0 Å². The fourth-order valence-corrected chi connectivity index (χ4v) is 2.26. The van der Waals surface area contributed by atoms with Gasteiger partial charge in [-0.1, -0.05) is 0 Å². The van der Waals surface area contributed by atoms with Crippen LogP contribution >= 0.6 is 0 Å². The largest absolute Gasteiger partial charge is 0.338 e. The highest BCUT2D eigenvalue weighted by Gasteiger charge is 2.29. The van der Waals surface area contributed by atoms with Crippen molar-refractivity contribution in [1.82, 2.24) is 4.90 Å². The smallest absolute Gasteiger partial charge is 0.254 e. The van der Waals surface area contributed by atoms with E-state index in [0.717, 1.165) is 24.6 Å². The molecule has 1 saturated heterocycles. The molecule has 2 atom stereocenters. The lowest BCUT2D eigenvalue weighted by Gasteiger charge is -2.18. The Kier molecular flexibility index (Phi) is 3.61. The van der Waals surface area contributed by atoms with Gasteiger partial charge in [0.1, 0.15) is 11.6 Å². The van der Waals surface area contributed by atoms with Gasteiger partial charge < -0.3 is 10.6 Å². The minimum absolute atomic E-state index is 0.0204. The summed E-state index contributed by atoms with van der Waals surface area (Å²) in [7, 11) is 0. The molecule has 1 fully saturated rings. The van der Waals surface area contributed by atoms with E-state index in [2.05, 4.69) is 0 Å². The Morgan fingerprint density at radius 2 is 2.00 bits per heavy atom. The molecule has 1 amide bonds. The molecule has 0 spiro atoms. The number of hydrogen-bond donors (Lipinski definition) is 1. The summed E-state index contributed by atoms with van der Waals surface area (Å²) >= 11 is 0. The van der Waals surface area contributed by atoms with Crippen molar-refractivity contribution in [2.75, 3.05) is 13.1 Å². The Hall–Kier alpha value is -1.49. The molecule has 98 valence electrons. The number of nitrogens with two attached hydrogens (primary N) is 1. The van der Waals surface area contributed by atoms with E-state index >= 15 is 0 Å². The van der Waals surface area contributed by atoms with Crippen LogP contribution in [0.25, 0.3) is 0 Å². The van der Waals surface area contributed by atoms with Crippen molar-refractivity contribution in [2.45, 2.75) is 19.4 Å². The van der Waals surface area contributed by atoms with Gasteiger partial charge in [0.25, 0.3) is 5.91 Å². The second kappa shape index (κ2) is 5.02. The average Bonchev–Trinajstić information content (AvgIpc) is 2.75. The van der Waals surface area contributed by atoms with Gasteiger partial charge in [-0.25, -0.2) is 8.78 Å². The van der Waals surface area contributed by atoms with Crippen molar-refractivity contribution in [1.29, 1.82) is 0 Å². The Morgan fingerprint density at radius 1 is 1.39 bits per heavy atom. The van der Waals surface area contributed by atoms with Crippen LogP contribution in [0.1, 0.15) is 23.7 Å². The van der Waals surface area contributed by atoms with Gasteiger partial charge in [0.2, 0.25) is 0 Å². The lowest BCUT2D eigenvalue weighted by Crippen LogP contribution is -2.33. The molecular formula is C13H16F2N2O. The summed E-state index contributed by atoms with van der Waals surface area (Å²) in [6.07, 6.45) is 0.835. The third-order valence-electron chi connectivity index (χ3n) is 3.36. The van der Waals surface area contributed by atoms with E-state index in [0.29, 0.717) is 13.1 Å². The lowest BCUT2D eigenvalue weighted by molar-refractivity contribution is 0.0785. The number of hydrogen-bond acceptors (Lipinski definition) is 2. The van der Waals surface area contributed by atoms with Gasteiger partial charge >= 0.3 is 0 Å². The summed E-state index contributed by atoms with van der Waals surface area (Å²) in [5.41, 5.74) is 5.84. The van der Waals surface area contributed by atoms with Crippen molar-refractivity contribution >= 4 is 5.91 Å². The van der Waals surface area contributed by atoms with Gasteiger partial charge in [-0.05, 0) is 31.4 Å². The van der Waals surface area contributed by atoms with Gasteiger partial charge in [-0.15, -0.1) is 0 Å². The number of halogens is 2. The van der Waals surface area contributed by atoms with Crippen molar-refractivity contribution in [3.05, 3.63) is 35.4 Å². The minimum atomic E-state index is -0.735. The van der Waals surface area contributed by atoms with Crippen LogP contribution in [0.2, 0.25) is 0 Å². The number of nitrogens with zero attached hydrogens (tertiary/aromatic N) is 1. The van der Waals surface area contributed by atoms with Gasteiger partial charge in [0.05, 0.1) is 0 Å². The van der Waals surface area contributed by atoms with E-state index in [1.54, 1.807) is 4.90 Å². The van der Waals surface area contributed by atoms with E-state index in [-0.39, 0.29) is 23.4 Å². The van der Waals surface area contributed by atoms with Crippen LogP contribution in [0.4, 0.5) is 8.78 Å². The molecular weight excluding hydrogens is 238 g/mol. The molecule has 0 radical (unpaired) electrons. The molecule has 2 N–H and O–H groups in total. The lowest BCUT2D eigenvalue weighted by atomic mass is 10.0. The normalized spacial score (nSPS) is 21.1. The van der Waals surface area contributed by atoms with Crippen LogP contribution in [0, 0.1) is 17.6 Å². The molecule has 0 saturated carbocycles. The average molecular weight is 254 g/mol. The predicted octanol–water partition coefficient (Wildman–Crippen LogP) is 1.77. The summed E-state index contributed by atoms with van der Waals surface area (Å²) in [5, 5.41) is 0. The molecule has 3 nitrogen and oxygen atoms in total. The van der Waals surface area contributed by atoms with Crippen molar-refractivity contribution < 1.29 is 13.6 Å². The topological polar surface area (TPSA) is 46.3 Å². The first-order chi connectivity index (χ1) is 8.47. The molecule has 1 aromatic rings. The van der Waals surface area contributed by atoms with E-state index in [9.17, 15) is 13.6 Å². The molecule has 1 aliphatic heterocycles. The van der Waals surface area contributed by atoms with Crippen molar-refractivity contribution in [3.63, 3.8) is 0 Å². The molecule has 2 unspecified atom stereocenters. The molecule has 0 aromatic heterocycles. The maximum absolute atomic E-state index is 13.0. The Bertz CT molecular complexity index is 442. The van der Waals surface area contributed by atoms with Crippen LogP contribution in [0.5, 0.6) is 0 Å². The van der Waals surface area contributed by atoms with Crippen molar-refractivity contribution in [3.8, 4) is 0 Å². The first-order valence-electron chi connectivity index (χ1n) is 5.98. The molecule has 0 aliphatic carbocycles. The molecule has 0 bridgehead atoms. The summed E-state index contributed by atoms with van der Waals surface area (Å²) in [6.45, 7) is 3.04. The number of amides is 1. The molecule has 5 heteroatoms. The minimum Gasteiger partial charge on any atom is -0.338 e. The zero-order valence-electron chi connectivity index (χ0n) is 10.2. The van der Waals surface area contributed by atoms with E-state index in [1.807, 2.05) is 6.92 Å². The van der Waals surface area contributed by atoms with Gasteiger partial charge in [-0.2, -0.15) is 0 Å². The SMILES string of the molecule is CC(N)C1CCN(C(=O)c2cc(F)cc(F)c2)C1. The maximum Gasteiger partial charge on any atom is 0.254 e. The molecule has 2 rings (SSSR count). The summed E-state index contributed by atoms with van der Waals surface area (Å²) in [5.74, 6) is -1.55. The number of carbonyl (C=O) groups excluding carboxylic acids is 1. The van der Waals surface area contributed by atoms with E-state index < -0.39 is 11.6 Å². The summed E-state index contributed by atoms with van der Waals surface area (Å²) < 4.78 is 26.1. The number of rotatable bonds is 2. The molecule has 1 heterocycles. The number of carbonyl (C=O) groups is 1. The van der Waals surface area contributed by atoms with Crippen molar-refractivity contribution in [2.24, 2.45) is 11.7 Å². The number of benzene rings is 1. The standard InChI is InChI=1S/C13H16F2N2O/c1-8(16)9-2-3-17(7-9)13(18)10-4-11(14)6-12(15)5-10/h4-6,8-9H,2-3,7,16H2,1H3. The molecule has 1 aliphatic rings. The summed E-state index contributed by atoms with van der Waals surface area (Å²) in [6, 6.07) is 2.90. The van der Waals surface area contributed by atoms with Crippen LogP contribution in [0.3, 0.4) is 0 Å². The predicted molar refractivity (Wildman–Crippen MR) is 64.0 cm³/mol. The quantitative estimate of drug-likeness (QED) is 0.874. The first kappa shape index (κ1) is 13.0. The number of likely N-dealkylation sites (tertiary alicyclic amines) is 1.